The van der Waals surface area contributed by atoms with E-state index in [-0.39, 0.29) is 11.6 Å². The van der Waals surface area contributed by atoms with Crippen molar-refractivity contribution in [1.29, 1.82) is 0 Å². The molecule has 5 rings (SSSR count). The number of benzene rings is 4. The lowest BCUT2D eigenvalue weighted by molar-refractivity contribution is 0.475. The van der Waals surface area contributed by atoms with E-state index in [2.05, 4.69) is 40.2 Å². The number of halogens is 2. The quantitative estimate of drug-likeness (QED) is 0.332. The summed E-state index contributed by atoms with van der Waals surface area (Å²) in [6.45, 7) is 0. The van der Waals surface area contributed by atoms with Gasteiger partial charge in [0.15, 0.2) is 0 Å². The molecule has 1 aliphatic rings. The van der Waals surface area contributed by atoms with E-state index in [4.69, 9.17) is 0 Å². The Morgan fingerprint density at radius 1 is 0.679 bits per heavy atom. The van der Waals surface area contributed by atoms with Gasteiger partial charge >= 0.3 is 0 Å². The highest BCUT2D eigenvalue weighted by molar-refractivity contribution is 9.10. The van der Waals surface area contributed by atoms with Crippen molar-refractivity contribution in [3.63, 3.8) is 0 Å². The third-order valence-corrected chi connectivity index (χ3v) is 6.06. The van der Waals surface area contributed by atoms with Gasteiger partial charge in [0.05, 0.1) is 5.41 Å². The van der Waals surface area contributed by atoms with Crippen molar-refractivity contribution in [2.75, 3.05) is 0 Å². The van der Waals surface area contributed by atoms with Gasteiger partial charge in [-0.25, -0.2) is 4.39 Å². The molecule has 0 heterocycles. The molecule has 0 aromatic heterocycles. The lowest BCUT2D eigenvalue weighted by Crippen LogP contribution is -2.28. The van der Waals surface area contributed by atoms with Gasteiger partial charge in [0.25, 0.3) is 0 Å². The van der Waals surface area contributed by atoms with Gasteiger partial charge in [-0.3, -0.25) is 0 Å². The molecule has 1 N–H and O–H groups in total. The number of phenolic OH excluding ortho intramolecular Hbond substituents is 1. The van der Waals surface area contributed by atoms with E-state index < -0.39 is 5.41 Å². The van der Waals surface area contributed by atoms with Crippen LogP contribution in [-0.2, 0) is 5.41 Å². The van der Waals surface area contributed by atoms with Crippen LogP contribution in [0.25, 0.3) is 11.1 Å². The molecule has 28 heavy (non-hydrogen) atoms. The van der Waals surface area contributed by atoms with Crippen LogP contribution in [0, 0.1) is 5.82 Å². The summed E-state index contributed by atoms with van der Waals surface area (Å²) in [7, 11) is 0. The number of hydrogen-bond acceptors (Lipinski definition) is 1. The van der Waals surface area contributed by atoms with Crippen molar-refractivity contribution in [2.24, 2.45) is 0 Å². The Balaban J connectivity index is 1.97. The molecule has 0 fully saturated rings. The summed E-state index contributed by atoms with van der Waals surface area (Å²) in [5.74, 6) is -0.0597. The number of rotatable bonds is 2. The molecular weight excluding hydrogens is 415 g/mol. The first-order valence-electron chi connectivity index (χ1n) is 9.06. The lowest BCUT2D eigenvalue weighted by Gasteiger charge is -2.34. The van der Waals surface area contributed by atoms with E-state index in [9.17, 15) is 9.50 Å². The molecule has 0 bridgehead atoms. The Hall–Kier alpha value is -2.91. The Kier molecular flexibility index (Phi) is 3.88. The molecule has 0 amide bonds. The third-order valence-electron chi connectivity index (χ3n) is 5.56. The molecule has 1 aliphatic carbocycles. The Morgan fingerprint density at radius 3 is 2.21 bits per heavy atom. The predicted octanol–water partition coefficient (Wildman–Crippen LogP) is 6.66. The minimum Gasteiger partial charge on any atom is -0.508 e. The summed E-state index contributed by atoms with van der Waals surface area (Å²) in [4.78, 5) is 0. The predicted molar refractivity (Wildman–Crippen MR) is 113 cm³/mol. The van der Waals surface area contributed by atoms with Crippen molar-refractivity contribution in [3.8, 4) is 16.9 Å². The number of hydrogen-bond donors (Lipinski definition) is 1. The van der Waals surface area contributed by atoms with Gasteiger partial charge in [-0.05, 0) is 69.8 Å². The second-order valence-electron chi connectivity index (χ2n) is 7.04. The van der Waals surface area contributed by atoms with Gasteiger partial charge in [-0.1, -0.05) is 70.5 Å². The smallest absolute Gasteiger partial charge is 0.123 e. The fraction of sp³-hybridized carbons (Fsp3) is 0.0400. The highest BCUT2D eigenvalue weighted by Crippen LogP contribution is 2.56. The fourth-order valence-corrected chi connectivity index (χ4v) is 4.83. The van der Waals surface area contributed by atoms with E-state index in [1.807, 2.05) is 36.4 Å². The zero-order chi connectivity index (χ0) is 19.3. The summed E-state index contributed by atoms with van der Waals surface area (Å²) in [6.07, 6.45) is 0. The lowest BCUT2D eigenvalue weighted by atomic mass is 9.67. The van der Waals surface area contributed by atoms with E-state index in [0.29, 0.717) is 0 Å². The second kappa shape index (κ2) is 6.32. The summed E-state index contributed by atoms with van der Waals surface area (Å²) < 4.78 is 15.3. The largest absolute Gasteiger partial charge is 0.508 e. The highest BCUT2D eigenvalue weighted by atomic mass is 79.9. The van der Waals surface area contributed by atoms with Crippen molar-refractivity contribution in [2.45, 2.75) is 5.41 Å². The molecule has 1 atom stereocenters. The van der Waals surface area contributed by atoms with E-state index in [0.717, 1.165) is 37.9 Å². The summed E-state index contributed by atoms with van der Waals surface area (Å²) in [6, 6.07) is 28.6. The monoisotopic (exact) mass is 430 g/mol. The van der Waals surface area contributed by atoms with Crippen LogP contribution in [0.5, 0.6) is 5.75 Å². The molecule has 0 saturated carbocycles. The molecule has 0 saturated heterocycles. The van der Waals surface area contributed by atoms with E-state index in [1.165, 1.54) is 6.07 Å². The number of phenols is 1. The maximum Gasteiger partial charge on any atom is 0.123 e. The van der Waals surface area contributed by atoms with Gasteiger partial charge in [0.1, 0.15) is 11.6 Å². The Morgan fingerprint density at radius 2 is 1.43 bits per heavy atom. The maximum absolute atomic E-state index is 14.4. The Bertz CT molecular complexity index is 1200. The first-order chi connectivity index (χ1) is 13.6. The van der Waals surface area contributed by atoms with Gasteiger partial charge in [-0.2, -0.15) is 0 Å². The van der Waals surface area contributed by atoms with Crippen LogP contribution in [0.15, 0.2) is 95.5 Å². The number of fused-ring (bicyclic) bond motifs is 3. The van der Waals surface area contributed by atoms with Gasteiger partial charge in [0.2, 0.25) is 0 Å². The van der Waals surface area contributed by atoms with Crippen molar-refractivity contribution < 1.29 is 9.50 Å². The van der Waals surface area contributed by atoms with E-state index in [1.54, 1.807) is 24.3 Å². The summed E-state index contributed by atoms with van der Waals surface area (Å²) in [5.41, 5.74) is 5.67. The molecule has 0 spiro atoms. The van der Waals surface area contributed by atoms with Crippen molar-refractivity contribution in [3.05, 3.63) is 124 Å². The molecule has 0 radical (unpaired) electrons. The normalized spacial score (nSPS) is 17.2. The topological polar surface area (TPSA) is 20.2 Å². The maximum atomic E-state index is 14.4. The first-order valence-corrected chi connectivity index (χ1v) is 9.85. The van der Waals surface area contributed by atoms with Crippen LogP contribution in [0.4, 0.5) is 4.39 Å². The standard InChI is InChI=1S/C25H16BrFO/c26-18-10-13-22-21-6-1-2-7-23(21)25(24(22)15-18,16-8-11-20(28)12-9-16)17-4-3-5-19(27)14-17/h1-15,28H. The SMILES string of the molecule is Oc1ccc(C2(c3cccc(F)c3)c3ccccc3-c3ccc(Br)cc32)cc1. The van der Waals surface area contributed by atoms with Crippen LogP contribution < -0.4 is 0 Å². The van der Waals surface area contributed by atoms with Crippen LogP contribution in [0.2, 0.25) is 0 Å². The van der Waals surface area contributed by atoms with Gasteiger partial charge in [0, 0.05) is 4.47 Å². The minimum absolute atomic E-state index is 0.207. The van der Waals surface area contributed by atoms with Crippen LogP contribution in [0.3, 0.4) is 0 Å². The highest BCUT2D eigenvalue weighted by Gasteiger charge is 2.46. The van der Waals surface area contributed by atoms with Crippen molar-refractivity contribution >= 4 is 15.9 Å². The molecule has 136 valence electrons. The second-order valence-corrected chi connectivity index (χ2v) is 7.96. The average Bonchev–Trinajstić information content (AvgIpc) is 2.99. The molecule has 1 nitrogen and oxygen atoms in total. The first kappa shape index (κ1) is 17.2. The van der Waals surface area contributed by atoms with Crippen LogP contribution in [-0.4, -0.2) is 5.11 Å². The van der Waals surface area contributed by atoms with Crippen LogP contribution in [0.1, 0.15) is 22.3 Å². The van der Waals surface area contributed by atoms with Gasteiger partial charge < -0.3 is 5.11 Å². The molecule has 1 unspecified atom stereocenters. The van der Waals surface area contributed by atoms with Crippen molar-refractivity contribution in [1.82, 2.24) is 0 Å². The molecule has 4 aromatic carbocycles. The molecule has 3 heteroatoms. The summed E-state index contributed by atoms with van der Waals surface area (Å²) in [5, 5.41) is 9.87. The molecular formula is C25H16BrFO. The minimum atomic E-state index is -0.661. The zero-order valence-corrected chi connectivity index (χ0v) is 16.4. The zero-order valence-electron chi connectivity index (χ0n) is 14.9. The summed E-state index contributed by atoms with van der Waals surface area (Å²) >= 11 is 3.62. The van der Waals surface area contributed by atoms with E-state index >= 15 is 0 Å². The fourth-order valence-electron chi connectivity index (χ4n) is 4.47. The molecule has 0 aliphatic heterocycles. The molecule has 4 aromatic rings. The Labute approximate surface area is 171 Å². The third kappa shape index (κ3) is 2.36. The van der Waals surface area contributed by atoms with Gasteiger partial charge in [-0.15, -0.1) is 0 Å². The average molecular weight is 431 g/mol. The number of aromatic hydroxyl groups is 1. The van der Waals surface area contributed by atoms with Crippen LogP contribution >= 0.6 is 15.9 Å².